The summed E-state index contributed by atoms with van der Waals surface area (Å²) >= 11 is 3.46. The highest BCUT2D eigenvalue weighted by molar-refractivity contribution is 9.10. The van der Waals surface area contributed by atoms with E-state index >= 15 is 0 Å². The number of nitrogens with one attached hydrogen (secondary N) is 1. The quantitative estimate of drug-likeness (QED) is 0.847. The van der Waals surface area contributed by atoms with Crippen LogP contribution in [0.15, 0.2) is 41.1 Å². The SMILES string of the molecule is CN(CCN)c1cc(NCc2cccc(Br)c2)ncn1. The molecule has 0 saturated carbocycles. The molecule has 1 heterocycles. The number of nitrogens with zero attached hydrogens (tertiary/aromatic N) is 3. The van der Waals surface area contributed by atoms with Crippen LogP contribution in [0.2, 0.25) is 0 Å². The molecule has 0 unspecified atom stereocenters. The molecular weight excluding hydrogens is 318 g/mol. The molecule has 2 rings (SSSR count). The summed E-state index contributed by atoms with van der Waals surface area (Å²) in [6.45, 7) is 2.08. The molecule has 20 heavy (non-hydrogen) atoms. The van der Waals surface area contributed by atoms with Gasteiger partial charge in [-0.25, -0.2) is 9.97 Å². The van der Waals surface area contributed by atoms with Crippen molar-refractivity contribution in [2.24, 2.45) is 5.73 Å². The van der Waals surface area contributed by atoms with E-state index in [1.165, 1.54) is 5.56 Å². The van der Waals surface area contributed by atoms with Gasteiger partial charge in [0.25, 0.3) is 0 Å². The molecule has 1 aromatic carbocycles. The molecule has 1 aromatic heterocycles. The zero-order valence-corrected chi connectivity index (χ0v) is 13.0. The van der Waals surface area contributed by atoms with Gasteiger partial charge in [0.2, 0.25) is 0 Å². The molecule has 6 heteroatoms. The second-order valence-electron chi connectivity index (χ2n) is 4.46. The van der Waals surface area contributed by atoms with Gasteiger partial charge in [0.05, 0.1) is 0 Å². The van der Waals surface area contributed by atoms with Crippen molar-refractivity contribution < 1.29 is 0 Å². The lowest BCUT2D eigenvalue weighted by molar-refractivity contribution is 0.863. The summed E-state index contributed by atoms with van der Waals surface area (Å²) in [4.78, 5) is 10.5. The minimum Gasteiger partial charge on any atom is -0.366 e. The average Bonchev–Trinajstić information content (AvgIpc) is 2.46. The van der Waals surface area contributed by atoms with Gasteiger partial charge in [0.1, 0.15) is 18.0 Å². The molecular formula is C14H18BrN5. The van der Waals surface area contributed by atoms with E-state index in [0.717, 1.165) is 29.2 Å². The molecule has 0 amide bonds. The number of nitrogens with two attached hydrogens (primary N) is 1. The van der Waals surface area contributed by atoms with E-state index in [1.54, 1.807) is 6.33 Å². The van der Waals surface area contributed by atoms with Crippen LogP contribution in [0.25, 0.3) is 0 Å². The zero-order chi connectivity index (χ0) is 14.4. The molecule has 106 valence electrons. The number of halogens is 1. The first-order valence-corrected chi connectivity index (χ1v) is 7.20. The fourth-order valence-corrected chi connectivity index (χ4v) is 2.25. The van der Waals surface area contributed by atoms with Crippen molar-refractivity contribution in [2.45, 2.75) is 6.54 Å². The van der Waals surface area contributed by atoms with E-state index in [0.29, 0.717) is 6.54 Å². The first-order valence-electron chi connectivity index (χ1n) is 6.40. The number of hydrogen-bond acceptors (Lipinski definition) is 5. The van der Waals surface area contributed by atoms with Crippen molar-refractivity contribution in [1.29, 1.82) is 0 Å². The largest absolute Gasteiger partial charge is 0.366 e. The summed E-state index contributed by atoms with van der Waals surface area (Å²) in [7, 11) is 1.97. The predicted molar refractivity (Wildman–Crippen MR) is 85.8 cm³/mol. The van der Waals surface area contributed by atoms with Crippen molar-refractivity contribution >= 4 is 27.6 Å². The van der Waals surface area contributed by atoms with Gasteiger partial charge in [-0.05, 0) is 17.7 Å². The summed E-state index contributed by atoms with van der Waals surface area (Å²) in [5.74, 6) is 1.67. The Bertz CT molecular complexity index is 561. The normalized spacial score (nSPS) is 10.3. The van der Waals surface area contributed by atoms with Gasteiger partial charge in [-0.1, -0.05) is 28.1 Å². The van der Waals surface area contributed by atoms with Crippen molar-refractivity contribution in [3.8, 4) is 0 Å². The topological polar surface area (TPSA) is 67.1 Å². The van der Waals surface area contributed by atoms with Gasteiger partial charge in [-0.2, -0.15) is 0 Å². The second-order valence-corrected chi connectivity index (χ2v) is 5.37. The Morgan fingerprint density at radius 3 is 2.90 bits per heavy atom. The Kier molecular flexibility index (Phi) is 5.31. The second kappa shape index (κ2) is 7.21. The van der Waals surface area contributed by atoms with Crippen LogP contribution in [0.4, 0.5) is 11.6 Å². The summed E-state index contributed by atoms with van der Waals surface area (Å²) in [5.41, 5.74) is 6.74. The van der Waals surface area contributed by atoms with E-state index in [2.05, 4.69) is 43.3 Å². The molecule has 0 aliphatic heterocycles. The third kappa shape index (κ3) is 4.18. The molecule has 0 atom stereocenters. The smallest absolute Gasteiger partial charge is 0.133 e. The Hall–Kier alpha value is -1.66. The first-order chi connectivity index (χ1) is 9.69. The standard InChI is InChI=1S/C14H18BrN5/c1-20(6-5-16)14-8-13(18-10-19-14)17-9-11-3-2-4-12(15)7-11/h2-4,7-8,10H,5-6,9,16H2,1H3,(H,17,18,19). The number of benzene rings is 1. The Balaban J connectivity index is 2.01. The summed E-state index contributed by atoms with van der Waals surface area (Å²) in [6.07, 6.45) is 1.56. The van der Waals surface area contributed by atoms with Crippen molar-refractivity contribution in [3.05, 3.63) is 46.7 Å². The van der Waals surface area contributed by atoms with Crippen molar-refractivity contribution in [1.82, 2.24) is 9.97 Å². The molecule has 0 saturated heterocycles. The van der Waals surface area contributed by atoms with E-state index in [1.807, 2.05) is 30.1 Å². The van der Waals surface area contributed by atoms with Crippen LogP contribution in [-0.4, -0.2) is 30.1 Å². The summed E-state index contributed by atoms with van der Waals surface area (Å²) in [6, 6.07) is 10.1. The molecule has 2 aromatic rings. The third-order valence-corrected chi connectivity index (χ3v) is 3.36. The zero-order valence-electron chi connectivity index (χ0n) is 11.4. The Labute approximate surface area is 127 Å². The molecule has 3 N–H and O–H groups in total. The molecule has 0 spiro atoms. The van der Waals surface area contributed by atoms with Crippen LogP contribution in [0.5, 0.6) is 0 Å². The van der Waals surface area contributed by atoms with Crippen LogP contribution in [-0.2, 0) is 6.54 Å². The number of hydrogen-bond donors (Lipinski definition) is 2. The maximum absolute atomic E-state index is 5.55. The van der Waals surface area contributed by atoms with Gasteiger partial charge in [0, 0.05) is 37.2 Å². The fraction of sp³-hybridized carbons (Fsp3) is 0.286. The van der Waals surface area contributed by atoms with E-state index in [-0.39, 0.29) is 0 Å². The van der Waals surface area contributed by atoms with E-state index in [4.69, 9.17) is 5.73 Å². The molecule has 5 nitrogen and oxygen atoms in total. The summed E-state index contributed by atoms with van der Waals surface area (Å²) in [5, 5.41) is 3.30. The van der Waals surface area contributed by atoms with Gasteiger partial charge in [0.15, 0.2) is 0 Å². The van der Waals surface area contributed by atoms with Gasteiger partial charge in [-0.3, -0.25) is 0 Å². The van der Waals surface area contributed by atoms with Gasteiger partial charge < -0.3 is 16.0 Å². The lowest BCUT2D eigenvalue weighted by Crippen LogP contribution is -2.25. The molecule has 0 aliphatic rings. The third-order valence-electron chi connectivity index (χ3n) is 2.87. The highest BCUT2D eigenvalue weighted by Crippen LogP contribution is 2.15. The van der Waals surface area contributed by atoms with Gasteiger partial charge in [-0.15, -0.1) is 0 Å². The first kappa shape index (κ1) is 14.7. The highest BCUT2D eigenvalue weighted by atomic mass is 79.9. The summed E-state index contributed by atoms with van der Waals surface area (Å²) < 4.78 is 1.07. The minimum atomic E-state index is 0.599. The number of likely N-dealkylation sites (N-methyl/N-ethyl adjacent to an activating group) is 1. The van der Waals surface area contributed by atoms with Crippen LogP contribution in [0.1, 0.15) is 5.56 Å². The van der Waals surface area contributed by atoms with E-state index < -0.39 is 0 Å². The maximum Gasteiger partial charge on any atom is 0.133 e. The number of aromatic nitrogens is 2. The van der Waals surface area contributed by atoms with E-state index in [9.17, 15) is 0 Å². The molecule has 0 aliphatic carbocycles. The predicted octanol–water partition coefficient (Wildman–Crippen LogP) is 2.25. The average molecular weight is 336 g/mol. The Morgan fingerprint density at radius 2 is 2.15 bits per heavy atom. The number of anilines is 2. The lowest BCUT2D eigenvalue weighted by atomic mass is 10.2. The molecule has 0 fully saturated rings. The Morgan fingerprint density at radius 1 is 1.30 bits per heavy atom. The van der Waals surface area contributed by atoms with Crippen LogP contribution < -0.4 is 16.0 Å². The fourth-order valence-electron chi connectivity index (χ4n) is 1.80. The van der Waals surface area contributed by atoms with Crippen LogP contribution in [0, 0.1) is 0 Å². The van der Waals surface area contributed by atoms with Crippen molar-refractivity contribution in [3.63, 3.8) is 0 Å². The molecule has 0 bridgehead atoms. The highest BCUT2D eigenvalue weighted by Gasteiger charge is 2.03. The lowest BCUT2D eigenvalue weighted by Gasteiger charge is -2.17. The maximum atomic E-state index is 5.55. The monoisotopic (exact) mass is 335 g/mol. The van der Waals surface area contributed by atoms with Crippen molar-refractivity contribution in [2.75, 3.05) is 30.4 Å². The number of rotatable bonds is 6. The van der Waals surface area contributed by atoms with Gasteiger partial charge >= 0.3 is 0 Å². The molecule has 0 radical (unpaired) electrons. The van der Waals surface area contributed by atoms with Crippen LogP contribution in [0.3, 0.4) is 0 Å². The van der Waals surface area contributed by atoms with Crippen LogP contribution >= 0.6 is 15.9 Å². The minimum absolute atomic E-state index is 0.599.